The van der Waals surface area contributed by atoms with Crippen molar-refractivity contribution in [2.75, 3.05) is 11.0 Å². The first-order chi connectivity index (χ1) is 11.0. The predicted octanol–water partition coefficient (Wildman–Crippen LogP) is 3.72. The molecule has 1 atom stereocenters. The van der Waals surface area contributed by atoms with Gasteiger partial charge in [-0.3, -0.25) is 0 Å². The van der Waals surface area contributed by atoms with Crippen molar-refractivity contribution in [3.8, 4) is 0 Å². The summed E-state index contributed by atoms with van der Waals surface area (Å²) in [6, 6.07) is 10.7. The number of fused-ring (bicyclic) bond motifs is 1. The van der Waals surface area contributed by atoms with Crippen LogP contribution in [0.2, 0.25) is 0 Å². The van der Waals surface area contributed by atoms with E-state index in [1.165, 1.54) is 11.1 Å². The van der Waals surface area contributed by atoms with E-state index >= 15 is 0 Å². The van der Waals surface area contributed by atoms with E-state index in [-0.39, 0.29) is 0 Å². The first-order valence-electron chi connectivity index (χ1n) is 7.56. The van der Waals surface area contributed by atoms with Crippen LogP contribution in [-0.4, -0.2) is 20.0 Å². The molecule has 0 saturated heterocycles. The second kappa shape index (κ2) is 6.16. The predicted molar refractivity (Wildman–Crippen MR) is 97.2 cm³/mol. The maximum Gasteiger partial charge on any atom is 0.114 e. The molecule has 3 rings (SSSR count). The molecule has 1 aromatic heterocycles. The number of imidazole rings is 1. The van der Waals surface area contributed by atoms with Crippen LogP contribution in [0.5, 0.6) is 0 Å². The van der Waals surface area contributed by atoms with Crippen molar-refractivity contribution in [3.63, 3.8) is 0 Å². The van der Waals surface area contributed by atoms with E-state index in [0.717, 1.165) is 34.4 Å². The van der Waals surface area contributed by atoms with Crippen LogP contribution in [0.15, 0.2) is 36.7 Å². The van der Waals surface area contributed by atoms with E-state index in [0.29, 0.717) is 0 Å². The summed E-state index contributed by atoms with van der Waals surface area (Å²) in [5.41, 5.74) is 7.54. The number of benzene rings is 2. The van der Waals surface area contributed by atoms with Crippen LogP contribution >= 0.6 is 0 Å². The Labute approximate surface area is 139 Å². The van der Waals surface area contributed by atoms with Crippen molar-refractivity contribution >= 4 is 27.7 Å². The summed E-state index contributed by atoms with van der Waals surface area (Å²) in [5, 5.41) is 0. The third-order valence-corrected chi connectivity index (χ3v) is 4.65. The SMILES string of the molecule is Cc1ccc(Cn2cnc3c(NS(C)=O)c(C)c(C)cc32)cc1. The Balaban J connectivity index is 2.07. The Kier molecular flexibility index (Phi) is 4.22. The van der Waals surface area contributed by atoms with Gasteiger partial charge in [-0.05, 0) is 43.5 Å². The lowest BCUT2D eigenvalue weighted by Crippen LogP contribution is -2.05. The number of nitrogens with one attached hydrogen (secondary N) is 1. The number of rotatable bonds is 4. The molecular weight excluding hydrogens is 306 g/mol. The zero-order valence-corrected chi connectivity index (χ0v) is 14.7. The van der Waals surface area contributed by atoms with E-state index in [1.807, 2.05) is 13.3 Å². The third kappa shape index (κ3) is 3.15. The fourth-order valence-corrected chi connectivity index (χ4v) is 3.25. The molecule has 0 bridgehead atoms. The smallest absolute Gasteiger partial charge is 0.114 e. The Morgan fingerprint density at radius 3 is 2.52 bits per heavy atom. The largest absolute Gasteiger partial charge is 0.326 e. The molecule has 0 radical (unpaired) electrons. The third-order valence-electron chi connectivity index (χ3n) is 4.15. The zero-order valence-electron chi connectivity index (χ0n) is 13.9. The average Bonchev–Trinajstić information content (AvgIpc) is 2.88. The van der Waals surface area contributed by atoms with Crippen LogP contribution in [0.1, 0.15) is 22.3 Å². The fraction of sp³-hybridized carbons (Fsp3) is 0.278. The van der Waals surface area contributed by atoms with Gasteiger partial charge in [-0.15, -0.1) is 0 Å². The van der Waals surface area contributed by atoms with Gasteiger partial charge in [-0.1, -0.05) is 29.8 Å². The number of hydrogen-bond donors (Lipinski definition) is 1. The van der Waals surface area contributed by atoms with Gasteiger partial charge in [0.15, 0.2) is 0 Å². The number of hydrogen-bond acceptors (Lipinski definition) is 2. The van der Waals surface area contributed by atoms with Crippen LogP contribution in [0, 0.1) is 20.8 Å². The first-order valence-corrected chi connectivity index (χ1v) is 9.12. The summed E-state index contributed by atoms with van der Waals surface area (Å²) in [5.74, 6) is 0. The zero-order chi connectivity index (χ0) is 16.6. The van der Waals surface area contributed by atoms with Crippen LogP contribution in [0.3, 0.4) is 0 Å². The molecule has 2 aromatic carbocycles. The van der Waals surface area contributed by atoms with Gasteiger partial charge in [0.1, 0.15) is 16.5 Å². The highest BCUT2D eigenvalue weighted by Gasteiger charge is 2.13. The normalized spacial score (nSPS) is 12.5. The van der Waals surface area contributed by atoms with Crippen molar-refractivity contribution in [1.29, 1.82) is 0 Å². The molecule has 120 valence electrons. The summed E-state index contributed by atoms with van der Waals surface area (Å²) in [6.07, 6.45) is 3.49. The van der Waals surface area contributed by atoms with Gasteiger partial charge in [-0.25, -0.2) is 9.19 Å². The van der Waals surface area contributed by atoms with Gasteiger partial charge in [-0.2, -0.15) is 0 Å². The molecule has 0 aliphatic carbocycles. The lowest BCUT2D eigenvalue weighted by atomic mass is 10.1. The Morgan fingerprint density at radius 1 is 1.17 bits per heavy atom. The minimum atomic E-state index is -1.12. The van der Waals surface area contributed by atoms with Crippen molar-refractivity contribution in [3.05, 3.63) is 58.9 Å². The van der Waals surface area contributed by atoms with Crippen LogP contribution in [-0.2, 0) is 17.5 Å². The van der Waals surface area contributed by atoms with E-state index in [4.69, 9.17) is 0 Å². The van der Waals surface area contributed by atoms with Crippen molar-refractivity contribution < 1.29 is 4.21 Å². The molecule has 1 N–H and O–H groups in total. The van der Waals surface area contributed by atoms with E-state index in [1.54, 1.807) is 6.26 Å². The maximum absolute atomic E-state index is 11.6. The molecule has 1 unspecified atom stereocenters. The number of anilines is 1. The Hall–Kier alpha value is -2.14. The molecule has 0 fully saturated rings. The Bertz CT molecular complexity index is 881. The molecule has 0 amide bonds. The van der Waals surface area contributed by atoms with Crippen molar-refractivity contribution in [2.45, 2.75) is 27.3 Å². The summed E-state index contributed by atoms with van der Waals surface area (Å²) >= 11 is 0. The van der Waals surface area contributed by atoms with Gasteiger partial charge < -0.3 is 9.29 Å². The van der Waals surface area contributed by atoms with E-state index < -0.39 is 11.0 Å². The van der Waals surface area contributed by atoms with Crippen LogP contribution in [0.4, 0.5) is 5.69 Å². The van der Waals surface area contributed by atoms with E-state index in [9.17, 15) is 4.21 Å². The number of aryl methyl sites for hydroxylation is 2. The quantitative estimate of drug-likeness (QED) is 0.794. The summed E-state index contributed by atoms with van der Waals surface area (Å²) in [4.78, 5) is 4.55. The van der Waals surface area contributed by atoms with Crippen LogP contribution < -0.4 is 4.72 Å². The fourth-order valence-electron chi connectivity index (χ4n) is 2.71. The molecule has 0 saturated carbocycles. The van der Waals surface area contributed by atoms with Gasteiger partial charge in [0.05, 0.1) is 17.5 Å². The highest BCUT2D eigenvalue weighted by atomic mass is 32.2. The molecule has 5 heteroatoms. The van der Waals surface area contributed by atoms with Gasteiger partial charge in [0.25, 0.3) is 0 Å². The van der Waals surface area contributed by atoms with Gasteiger partial charge >= 0.3 is 0 Å². The summed E-state index contributed by atoms with van der Waals surface area (Å²) in [6.45, 7) is 6.96. The Morgan fingerprint density at radius 2 is 1.87 bits per heavy atom. The summed E-state index contributed by atoms with van der Waals surface area (Å²) in [7, 11) is -1.12. The second-order valence-corrected chi connectivity index (χ2v) is 7.09. The molecule has 0 spiro atoms. The minimum absolute atomic E-state index is 0.772. The molecule has 0 aliphatic rings. The number of nitrogens with zero attached hydrogens (tertiary/aromatic N) is 2. The first kappa shape index (κ1) is 15.7. The molecule has 1 heterocycles. The molecular formula is C18H21N3OS. The lowest BCUT2D eigenvalue weighted by Gasteiger charge is -2.12. The van der Waals surface area contributed by atoms with Crippen LogP contribution in [0.25, 0.3) is 11.0 Å². The molecule has 0 aliphatic heterocycles. The average molecular weight is 327 g/mol. The second-order valence-electron chi connectivity index (χ2n) is 5.98. The maximum atomic E-state index is 11.6. The highest BCUT2D eigenvalue weighted by Crippen LogP contribution is 2.29. The highest BCUT2D eigenvalue weighted by molar-refractivity contribution is 7.85. The standard InChI is InChI=1S/C18H21N3OS/c1-12-5-7-15(8-6-12)10-21-11-19-18-16(21)9-13(2)14(3)17(18)20-23(4)22/h5-9,11,20H,10H2,1-4H3. The van der Waals surface area contributed by atoms with Crippen molar-refractivity contribution in [1.82, 2.24) is 9.55 Å². The van der Waals surface area contributed by atoms with Crippen molar-refractivity contribution in [2.24, 2.45) is 0 Å². The number of aromatic nitrogens is 2. The van der Waals surface area contributed by atoms with Gasteiger partial charge in [0.2, 0.25) is 0 Å². The summed E-state index contributed by atoms with van der Waals surface area (Å²) < 4.78 is 16.8. The van der Waals surface area contributed by atoms with Gasteiger partial charge in [0, 0.05) is 12.8 Å². The lowest BCUT2D eigenvalue weighted by molar-refractivity contribution is 0.690. The van der Waals surface area contributed by atoms with E-state index in [2.05, 4.69) is 58.5 Å². The molecule has 23 heavy (non-hydrogen) atoms. The minimum Gasteiger partial charge on any atom is -0.326 e. The molecule has 4 nitrogen and oxygen atoms in total. The monoisotopic (exact) mass is 327 g/mol. The topological polar surface area (TPSA) is 46.9 Å². The molecule has 3 aromatic rings.